The third kappa shape index (κ3) is 6.58. The zero-order valence-electron chi connectivity index (χ0n) is 18.0. The minimum absolute atomic E-state index is 0. The fourth-order valence-corrected chi connectivity index (χ4v) is 5.04. The van der Waals surface area contributed by atoms with Gasteiger partial charge in [-0.3, -0.25) is 14.5 Å². The Balaban J connectivity index is 0.00000171. The van der Waals surface area contributed by atoms with E-state index in [0.29, 0.717) is 6.54 Å². The molecule has 2 N–H and O–H groups in total. The second-order valence-corrected chi connectivity index (χ2v) is 8.86. The SMILES string of the molecule is Cl.Cl.O=C(NCCc1ccccc1)C1CCN(CC2CC3(CCNCC3)C(=O)O2)CC1. The minimum Gasteiger partial charge on any atom is -0.461 e. The number of benzene rings is 1. The second kappa shape index (κ2) is 12.0. The van der Waals surface area contributed by atoms with Gasteiger partial charge in [0.25, 0.3) is 0 Å². The molecule has 1 spiro atoms. The van der Waals surface area contributed by atoms with Gasteiger partial charge in [-0.25, -0.2) is 0 Å². The lowest BCUT2D eigenvalue weighted by molar-refractivity contribution is -0.150. The van der Waals surface area contributed by atoms with E-state index in [1.165, 1.54) is 5.56 Å². The summed E-state index contributed by atoms with van der Waals surface area (Å²) in [5.41, 5.74) is 1.01. The number of piperidine rings is 2. The summed E-state index contributed by atoms with van der Waals surface area (Å²) in [6.07, 6.45) is 5.29. The van der Waals surface area contributed by atoms with Crippen LogP contribution in [-0.2, 0) is 20.7 Å². The Hall–Kier alpha value is -1.34. The van der Waals surface area contributed by atoms with Crippen molar-refractivity contribution in [2.75, 3.05) is 39.3 Å². The van der Waals surface area contributed by atoms with E-state index < -0.39 is 0 Å². The van der Waals surface area contributed by atoms with Crippen LogP contribution in [0.5, 0.6) is 0 Å². The molecule has 0 radical (unpaired) electrons. The van der Waals surface area contributed by atoms with Gasteiger partial charge in [-0.2, -0.15) is 0 Å². The van der Waals surface area contributed by atoms with Crippen molar-refractivity contribution in [1.29, 1.82) is 0 Å². The smallest absolute Gasteiger partial charge is 0.312 e. The van der Waals surface area contributed by atoms with Gasteiger partial charge in [-0.15, -0.1) is 24.8 Å². The fraction of sp³-hybridized carbons (Fsp3) is 0.652. The van der Waals surface area contributed by atoms with Crippen LogP contribution in [0, 0.1) is 11.3 Å². The number of nitrogens with zero attached hydrogens (tertiary/aromatic N) is 1. The number of likely N-dealkylation sites (tertiary alicyclic amines) is 1. The molecular formula is C23H35Cl2N3O3. The third-order valence-electron chi connectivity index (χ3n) is 6.86. The maximum absolute atomic E-state index is 12.5. The minimum atomic E-state index is -0.243. The molecule has 3 aliphatic rings. The topological polar surface area (TPSA) is 70.7 Å². The molecule has 0 aliphatic carbocycles. The number of ether oxygens (including phenoxy) is 1. The third-order valence-corrected chi connectivity index (χ3v) is 6.86. The average Bonchev–Trinajstić information content (AvgIpc) is 3.03. The van der Waals surface area contributed by atoms with E-state index in [1.807, 2.05) is 18.2 Å². The highest BCUT2D eigenvalue weighted by Crippen LogP contribution is 2.41. The lowest BCUT2D eigenvalue weighted by atomic mass is 9.76. The molecule has 1 aromatic rings. The molecule has 8 heteroatoms. The highest BCUT2D eigenvalue weighted by atomic mass is 35.5. The Labute approximate surface area is 197 Å². The van der Waals surface area contributed by atoms with E-state index in [1.54, 1.807) is 0 Å². The van der Waals surface area contributed by atoms with Crippen LogP contribution in [-0.4, -0.2) is 62.1 Å². The number of halogens is 2. The zero-order chi connectivity index (χ0) is 20.1. The molecule has 6 nitrogen and oxygen atoms in total. The van der Waals surface area contributed by atoms with E-state index in [9.17, 15) is 9.59 Å². The Kier molecular flexibility index (Phi) is 10.1. The number of carbonyl (C=O) groups is 2. The van der Waals surface area contributed by atoms with Crippen molar-refractivity contribution in [2.24, 2.45) is 11.3 Å². The summed E-state index contributed by atoms with van der Waals surface area (Å²) in [5, 5.41) is 6.44. The molecule has 174 valence electrons. The fourth-order valence-electron chi connectivity index (χ4n) is 5.04. The van der Waals surface area contributed by atoms with Crippen molar-refractivity contribution in [1.82, 2.24) is 15.5 Å². The maximum Gasteiger partial charge on any atom is 0.312 e. The lowest BCUT2D eigenvalue weighted by Gasteiger charge is -2.33. The van der Waals surface area contributed by atoms with Gasteiger partial charge in [0.15, 0.2) is 0 Å². The molecule has 1 unspecified atom stereocenters. The summed E-state index contributed by atoms with van der Waals surface area (Å²) < 4.78 is 5.74. The number of hydrogen-bond donors (Lipinski definition) is 2. The summed E-state index contributed by atoms with van der Waals surface area (Å²) in [5.74, 6) is 0.294. The van der Waals surface area contributed by atoms with Crippen molar-refractivity contribution < 1.29 is 14.3 Å². The molecule has 3 heterocycles. The summed E-state index contributed by atoms with van der Waals surface area (Å²) in [7, 11) is 0. The van der Waals surface area contributed by atoms with Gasteiger partial charge in [0.2, 0.25) is 5.91 Å². The van der Waals surface area contributed by atoms with Crippen LogP contribution in [0.1, 0.15) is 37.7 Å². The molecular weight excluding hydrogens is 437 g/mol. The van der Waals surface area contributed by atoms with Gasteiger partial charge >= 0.3 is 5.97 Å². The number of carbonyl (C=O) groups excluding carboxylic acids is 2. The molecule has 31 heavy (non-hydrogen) atoms. The molecule has 1 aromatic carbocycles. The zero-order valence-corrected chi connectivity index (χ0v) is 19.6. The summed E-state index contributed by atoms with van der Waals surface area (Å²) in [6, 6.07) is 10.3. The summed E-state index contributed by atoms with van der Waals surface area (Å²) in [6.45, 7) is 5.12. The highest BCUT2D eigenvalue weighted by molar-refractivity contribution is 5.85. The van der Waals surface area contributed by atoms with Gasteiger partial charge in [0.05, 0.1) is 5.41 Å². The number of nitrogens with one attached hydrogen (secondary N) is 2. The Morgan fingerprint density at radius 1 is 1.13 bits per heavy atom. The van der Waals surface area contributed by atoms with Crippen LogP contribution >= 0.6 is 24.8 Å². The van der Waals surface area contributed by atoms with Gasteiger partial charge in [0.1, 0.15) is 6.10 Å². The Morgan fingerprint density at radius 2 is 1.81 bits per heavy atom. The number of rotatable bonds is 6. The van der Waals surface area contributed by atoms with Gasteiger partial charge in [-0.1, -0.05) is 30.3 Å². The first kappa shape index (κ1) is 25.9. The van der Waals surface area contributed by atoms with Crippen molar-refractivity contribution in [3.63, 3.8) is 0 Å². The first-order valence-corrected chi connectivity index (χ1v) is 11.1. The van der Waals surface area contributed by atoms with Crippen LogP contribution in [0.25, 0.3) is 0 Å². The second-order valence-electron chi connectivity index (χ2n) is 8.86. The van der Waals surface area contributed by atoms with Crippen LogP contribution in [0.4, 0.5) is 0 Å². The molecule has 3 aliphatic heterocycles. The van der Waals surface area contributed by atoms with E-state index >= 15 is 0 Å². The van der Waals surface area contributed by atoms with Crippen LogP contribution in [0.15, 0.2) is 30.3 Å². The Morgan fingerprint density at radius 3 is 2.48 bits per heavy atom. The first-order chi connectivity index (χ1) is 14.1. The van der Waals surface area contributed by atoms with Crippen molar-refractivity contribution in [3.05, 3.63) is 35.9 Å². The van der Waals surface area contributed by atoms with Gasteiger partial charge in [0, 0.05) is 25.4 Å². The molecule has 3 saturated heterocycles. The predicted molar refractivity (Wildman–Crippen MR) is 126 cm³/mol. The molecule has 0 saturated carbocycles. The van der Waals surface area contributed by atoms with E-state index in [-0.39, 0.29) is 54.1 Å². The lowest BCUT2D eigenvalue weighted by Crippen LogP contribution is -2.43. The maximum atomic E-state index is 12.5. The normalized spacial score (nSPS) is 23.5. The van der Waals surface area contributed by atoms with E-state index in [4.69, 9.17) is 4.74 Å². The van der Waals surface area contributed by atoms with Gasteiger partial charge < -0.3 is 15.4 Å². The molecule has 0 bridgehead atoms. The van der Waals surface area contributed by atoms with Crippen LogP contribution in [0.3, 0.4) is 0 Å². The molecule has 1 atom stereocenters. The van der Waals surface area contributed by atoms with Crippen molar-refractivity contribution in [3.8, 4) is 0 Å². The summed E-state index contributed by atoms with van der Waals surface area (Å²) >= 11 is 0. The van der Waals surface area contributed by atoms with Crippen LogP contribution in [0.2, 0.25) is 0 Å². The van der Waals surface area contributed by atoms with Crippen molar-refractivity contribution >= 4 is 36.7 Å². The first-order valence-electron chi connectivity index (χ1n) is 11.1. The standard InChI is InChI=1S/C23H33N3O3.2ClH/c27-21(25-11-6-18-4-2-1-3-5-18)19-7-14-26(15-8-19)17-20-16-23(22(28)29-20)9-12-24-13-10-23;;/h1-5,19-20,24H,6-17H2,(H,25,27);2*1H. The monoisotopic (exact) mass is 471 g/mol. The summed E-state index contributed by atoms with van der Waals surface area (Å²) in [4.78, 5) is 27.3. The predicted octanol–water partition coefficient (Wildman–Crippen LogP) is 2.59. The molecule has 4 rings (SSSR count). The number of cyclic esters (lactones) is 1. The highest BCUT2D eigenvalue weighted by Gasteiger charge is 2.49. The quantitative estimate of drug-likeness (QED) is 0.623. The number of amides is 1. The van der Waals surface area contributed by atoms with Crippen molar-refractivity contribution in [2.45, 2.75) is 44.6 Å². The Bertz CT molecular complexity index is 705. The molecule has 0 aromatic heterocycles. The van der Waals surface area contributed by atoms with E-state index in [0.717, 1.165) is 71.2 Å². The number of hydrogen-bond acceptors (Lipinski definition) is 5. The molecule has 1 amide bonds. The number of esters is 1. The average molecular weight is 472 g/mol. The molecule has 3 fully saturated rings. The van der Waals surface area contributed by atoms with Gasteiger partial charge in [-0.05, 0) is 63.8 Å². The van der Waals surface area contributed by atoms with Crippen LogP contribution < -0.4 is 10.6 Å². The largest absolute Gasteiger partial charge is 0.461 e. The van der Waals surface area contributed by atoms with E-state index in [2.05, 4.69) is 27.7 Å².